The average molecular weight is 552 g/mol. The molecular weight excluding hydrogens is 499 g/mol. The second-order valence-corrected chi connectivity index (χ2v) is 28.8. The Morgan fingerprint density at radius 1 is 0.871 bits per heavy atom. The Morgan fingerprint density at radius 2 is 1.35 bits per heavy atom. The van der Waals surface area contributed by atoms with Crippen LogP contribution in [0.15, 0.2) is 30.3 Å². The Hall–Kier alpha value is -0.224. The Bertz CT molecular complexity index is 650. The molecule has 0 saturated heterocycles. The third-order valence-corrected chi connectivity index (χ3v) is 27.4. The minimum absolute atomic E-state index is 0.210. The maximum atomic E-state index is 7.01. The molecule has 0 aliphatic carbocycles. The number of allylic oxidation sites excluding steroid dienone is 1. The van der Waals surface area contributed by atoms with Gasteiger partial charge in [-0.25, -0.2) is 0 Å². The molecule has 0 bridgehead atoms. The zero-order chi connectivity index (χ0) is 23.5. The van der Waals surface area contributed by atoms with Gasteiger partial charge in [0.15, 0.2) is 0 Å². The van der Waals surface area contributed by atoms with Crippen LogP contribution in [0, 0.1) is 0 Å². The fourth-order valence-corrected chi connectivity index (χ4v) is 22.1. The van der Waals surface area contributed by atoms with Gasteiger partial charge in [-0.2, -0.15) is 0 Å². The molecule has 0 aromatic heterocycles. The predicted octanol–water partition coefficient (Wildman–Crippen LogP) is 9.52. The van der Waals surface area contributed by atoms with Gasteiger partial charge in [0.25, 0.3) is 0 Å². The fraction of sp³-hybridized carbons (Fsp3) is 0.714. The van der Waals surface area contributed by atoms with Gasteiger partial charge in [-0.1, -0.05) is 0 Å². The first-order chi connectivity index (χ1) is 14.6. The number of hydrogen-bond donors (Lipinski definition) is 0. The van der Waals surface area contributed by atoms with Crippen molar-refractivity contribution in [3.05, 3.63) is 35.9 Å². The molecule has 0 spiro atoms. The molecule has 0 aliphatic rings. The van der Waals surface area contributed by atoms with Gasteiger partial charge in [0, 0.05) is 0 Å². The summed E-state index contributed by atoms with van der Waals surface area (Å²) < 4.78 is 13.3. The molecule has 0 N–H and O–H groups in total. The van der Waals surface area contributed by atoms with Gasteiger partial charge < -0.3 is 0 Å². The maximum absolute atomic E-state index is 7.01. The van der Waals surface area contributed by atoms with Gasteiger partial charge >= 0.3 is 201 Å². The monoisotopic (exact) mass is 552 g/mol. The molecule has 31 heavy (non-hydrogen) atoms. The third-order valence-electron chi connectivity index (χ3n) is 7.35. The summed E-state index contributed by atoms with van der Waals surface area (Å²) in [6.45, 7) is 21.2. The van der Waals surface area contributed by atoms with E-state index in [2.05, 4.69) is 91.9 Å². The molecule has 0 unspecified atom stereocenters. The van der Waals surface area contributed by atoms with Crippen LogP contribution in [0.5, 0.6) is 0 Å². The molecule has 0 atom stereocenters. The molecule has 178 valence electrons. The summed E-state index contributed by atoms with van der Waals surface area (Å²) in [5.74, 6) is 1.19. The SMILES string of the molecule is CC/C=C(\O[Si](C)(C)C(C)(C)C)c1cccc[c]1[Sn]([CH2]CCC)([CH2]CCC)[CH2]CCC. The van der Waals surface area contributed by atoms with Crippen LogP contribution >= 0.6 is 0 Å². The summed E-state index contributed by atoms with van der Waals surface area (Å²) in [5.41, 5.74) is 1.45. The van der Waals surface area contributed by atoms with Crippen LogP contribution in [0.3, 0.4) is 0 Å². The van der Waals surface area contributed by atoms with E-state index < -0.39 is 26.7 Å². The van der Waals surface area contributed by atoms with E-state index in [1.165, 1.54) is 63.2 Å². The minimum atomic E-state index is -2.55. The first-order valence-corrected chi connectivity index (χ1v) is 23.5. The quantitative estimate of drug-likeness (QED) is 0.165. The first kappa shape index (κ1) is 28.8. The third kappa shape index (κ3) is 8.25. The van der Waals surface area contributed by atoms with Gasteiger partial charge in [-0.05, 0) is 0 Å². The standard InChI is InChI=1S/C16H25OSi.3C4H9.Sn/c1-7-11-15(14-12-9-8-10-13-14)17-18(5,6)16(2,3)4;3*1-3-4-2;/h8-12H,7H2,1-6H3;3*1,3-4H2,2H3;/b15-11-;;;;. The molecule has 0 saturated carbocycles. The molecule has 0 heterocycles. The van der Waals surface area contributed by atoms with Crippen molar-refractivity contribution in [1.29, 1.82) is 0 Å². The van der Waals surface area contributed by atoms with E-state index in [0.29, 0.717) is 0 Å². The van der Waals surface area contributed by atoms with E-state index >= 15 is 0 Å². The van der Waals surface area contributed by atoms with Crippen LogP contribution in [0.1, 0.15) is 99.0 Å². The van der Waals surface area contributed by atoms with Crippen molar-refractivity contribution in [2.24, 2.45) is 0 Å². The van der Waals surface area contributed by atoms with E-state index in [1.807, 2.05) is 0 Å². The van der Waals surface area contributed by atoms with Crippen LogP contribution in [-0.4, -0.2) is 26.7 Å². The van der Waals surface area contributed by atoms with Gasteiger partial charge in [-0.3, -0.25) is 0 Å². The number of unbranched alkanes of at least 4 members (excludes halogenated alkanes) is 3. The molecule has 3 heteroatoms. The molecule has 1 nitrogen and oxygen atoms in total. The number of benzene rings is 1. The van der Waals surface area contributed by atoms with Gasteiger partial charge in [0.1, 0.15) is 0 Å². The summed E-state index contributed by atoms with van der Waals surface area (Å²) in [6.07, 6.45) is 11.5. The van der Waals surface area contributed by atoms with E-state index in [1.54, 1.807) is 3.58 Å². The summed E-state index contributed by atoms with van der Waals surface area (Å²) in [7, 11) is -1.89. The van der Waals surface area contributed by atoms with Crippen LogP contribution in [-0.2, 0) is 4.43 Å². The molecule has 0 radical (unpaired) electrons. The van der Waals surface area contributed by atoms with Crippen LogP contribution in [0.25, 0.3) is 5.76 Å². The number of hydrogen-bond acceptors (Lipinski definition) is 1. The van der Waals surface area contributed by atoms with Crippen molar-refractivity contribution in [2.45, 2.75) is 125 Å². The van der Waals surface area contributed by atoms with Crippen molar-refractivity contribution in [3.63, 3.8) is 0 Å². The topological polar surface area (TPSA) is 9.23 Å². The van der Waals surface area contributed by atoms with Crippen molar-refractivity contribution in [1.82, 2.24) is 0 Å². The van der Waals surface area contributed by atoms with Crippen LogP contribution < -0.4 is 3.58 Å². The Balaban J connectivity index is 3.60. The molecule has 0 fully saturated rings. The normalized spacial score (nSPS) is 13.5. The number of rotatable bonds is 14. The summed E-state index contributed by atoms with van der Waals surface area (Å²) >= 11 is -2.55. The second kappa shape index (κ2) is 13.5. The Morgan fingerprint density at radius 3 is 1.77 bits per heavy atom. The van der Waals surface area contributed by atoms with Crippen LogP contribution in [0.2, 0.25) is 31.4 Å². The summed E-state index contributed by atoms with van der Waals surface area (Å²) in [4.78, 5) is 0. The predicted molar refractivity (Wildman–Crippen MR) is 148 cm³/mol. The van der Waals surface area contributed by atoms with Gasteiger partial charge in [-0.15, -0.1) is 0 Å². The van der Waals surface area contributed by atoms with Crippen molar-refractivity contribution >= 4 is 36.0 Å². The second-order valence-electron chi connectivity index (χ2n) is 11.0. The van der Waals surface area contributed by atoms with Gasteiger partial charge in [0.2, 0.25) is 0 Å². The van der Waals surface area contributed by atoms with E-state index in [4.69, 9.17) is 4.43 Å². The van der Waals surface area contributed by atoms with E-state index in [-0.39, 0.29) is 5.04 Å². The van der Waals surface area contributed by atoms with E-state index in [9.17, 15) is 0 Å². The molecule has 1 rings (SSSR count). The Labute approximate surface area is 200 Å². The van der Waals surface area contributed by atoms with Crippen molar-refractivity contribution in [2.75, 3.05) is 0 Å². The van der Waals surface area contributed by atoms with Crippen molar-refractivity contribution in [3.8, 4) is 0 Å². The van der Waals surface area contributed by atoms with Crippen molar-refractivity contribution < 1.29 is 4.43 Å². The summed E-state index contributed by atoms with van der Waals surface area (Å²) in [5, 5.41) is 0.210. The molecular formula is C28H52OSiSn. The fourth-order valence-electron chi connectivity index (χ4n) is 4.30. The first-order valence-electron chi connectivity index (χ1n) is 13.1. The van der Waals surface area contributed by atoms with Crippen LogP contribution in [0.4, 0.5) is 0 Å². The molecule has 0 amide bonds. The zero-order valence-corrected chi connectivity index (χ0v) is 26.2. The summed E-state index contributed by atoms with van der Waals surface area (Å²) in [6, 6.07) is 9.46. The molecule has 1 aromatic rings. The molecule has 1 aromatic carbocycles. The zero-order valence-electron chi connectivity index (χ0n) is 22.4. The molecule has 0 aliphatic heterocycles. The van der Waals surface area contributed by atoms with E-state index in [0.717, 1.165) is 6.42 Å². The average Bonchev–Trinajstić information content (AvgIpc) is 2.72. The van der Waals surface area contributed by atoms with Gasteiger partial charge in [0.05, 0.1) is 0 Å². The Kier molecular flexibility index (Phi) is 12.5.